The van der Waals surface area contributed by atoms with Gasteiger partial charge in [-0.3, -0.25) is 4.79 Å². The first-order valence-electron chi connectivity index (χ1n) is 7.80. The van der Waals surface area contributed by atoms with E-state index in [4.69, 9.17) is 37.4 Å². The second-order valence-corrected chi connectivity index (χ2v) is 6.36. The maximum absolute atomic E-state index is 12.3. The van der Waals surface area contributed by atoms with E-state index in [9.17, 15) is 9.59 Å². The summed E-state index contributed by atoms with van der Waals surface area (Å²) >= 11 is 11.8. The first-order chi connectivity index (χ1) is 12.4. The number of halogens is 2. The summed E-state index contributed by atoms with van der Waals surface area (Å²) in [5, 5.41) is 3.22. The van der Waals surface area contributed by atoms with Gasteiger partial charge in [-0.1, -0.05) is 23.2 Å². The van der Waals surface area contributed by atoms with E-state index >= 15 is 0 Å². The summed E-state index contributed by atoms with van der Waals surface area (Å²) in [6, 6.07) is 9.42. The van der Waals surface area contributed by atoms with Gasteiger partial charge in [0.05, 0.1) is 10.6 Å². The lowest BCUT2D eigenvalue weighted by Crippen LogP contribution is -2.30. The Kier molecular flexibility index (Phi) is 5.54. The number of benzene rings is 2. The second kappa shape index (κ2) is 7.85. The Morgan fingerprint density at radius 2 is 1.81 bits per heavy atom. The van der Waals surface area contributed by atoms with Gasteiger partial charge in [-0.2, -0.15) is 0 Å². The van der Waals surface area contributed by atoms with E-state index in [1.807, 2.05) is 0 Å². The molecule has 0 radical (unpaired) electrons. The smallest absolute Gasteiger partial charge is 0.340 e. The highest BCUT2D eigenvalue weighted by Crippen LogP contribution is 2.32. The van der Waals surface area contributed by atoms with Crippen molar-refractivity contribution in [3.05, 3.63) is 52.0 Å². The third kappa shape index (κ3) is 4.20. The van der Waals surface area contributed by atoms with E-state index in [-0.39, 0.29) is 10.6 Å². The van der Waals surface area contributed by atoms with Crippen molar-refractivity contribution in [3.8, 4) is 11.5 Å². The fourth-order valence-corrected chi connectivity index (χ4v) is 2.78. The number of rotatable bonds is 4. The molecule has 1 aliphatic rings. The van der Waals surface area contributed by atoms with E-state index in [1.54, 1.807) is 18.2 Å². The molecule has 8 heteroatoms. The number of fused-ring (bicyclic) bond motifs is 1. The first kappa shape index (κ1) is 18.4. The van der Waals surface area contributed by atoms with Crippen molar-refractivity contribution < 1.29 is 23.8 Å². The Balaban J connectivity index is 1.63. The van der Waals surface area contributed by atoms with Gasteiger partial charge in [-0.15, -0.1) is 0 Å². The summed E-state index contributed by atoms with van der Waals surface area (Å²) in [5.41, 5.74) is 0.640. The SMILES string of the molecule is C[C@@H](OC(=O)c1ccc(Cl)cc1Cl)C(=O)Nc1ccc2c(c1)OCCO2. The predicted octanol–water partition coefficient (Wildman–Crippen LogP) is 3.95. The average molecular weight is 396 g/mol. The van der Waals surface area contributed by atoms with Gasteiger partial charge in [0.2, 0.25) is 0 Å². The number of esters is 1. The number of anilines is 1. The summed E-state index contributed by atoms with van der Waals surface area (Å²) in [7, 11) is 0. The fourth-order valence-electron chi connectivity index (χ4n) is 2.30. The van der Waals surface area contributed by atoms with Gasteiger partial charge in [0.25, 0.3) is 5.91 Å². The van der Waals surface area contributed by atoms with Crippen LogP contribution in [0.1, 0.15) is 17.3 Å². The molecule has 3 rings (SSSR count). The molecule has 0 fully saturated rings. The molecule has 0 saturated heterocycles. The summed E-state index contributed by atoms with van der Waals surface area (Å²) in [4.78, 5) is 24.4. The standard InChI is InChI=1S/C18H15Cl2NO5/c1-10(26-18(23)13-4-2-11(19)8-14(13)20)17(22)21-12-3-5-15-16(9-12)25-7-6-24-15/h2-5,8-10H,6-7H2,1H3,(H,21,22)/t10-/m1/s1. The normalized spacial score (nSPS) is 13.7. The van der Waals surface area contributed by atoms with Crippen LogP contribution in [-0.2, 0) is 9.53 Å². The molecule has 0 saturated carbocycles. The number of hydrogen-bond donors (Lipinski definition) is 1. The second-order valence-electron chi connectivity index (χ2n) is 5.52. The maximum Gasteiger partial charge on any atom is 0.340 e. The van der Waals surface area contributed by atoms with Crippen molar-refractivity contribution in [2.24, 2.45) is 0 Å². The van der Waals surface area contributed by atoms with Crippen LogP contribution in [0.4, 0.5) is 5.69 Å². The molecule has 1 heterocycles. The number of hydrogen-bond acceptors (Lipinski definition) is 5. The Bertz CT molecular complexity index is 855. The third-order valence-corrected chi connectivity index (χ3v) is 4.16. The molecule has 0 aromatic heterocycles. The lowest BCUT2D eigenvalue weighted by Gasteiger charge is -2.19. The largest absolute Gasteiger partial charge is 0.486 e. The highest BCUT2D eigenvalue weighted by Gasteiger charge is 2.21. The average Bonchev–Trinajstić information content (AvgIpc) is 2.61. The van der Waals surface area contributed by atoms with Crippen LogP contribution in [0.2, 0.25) is 10.0 Å². The molecular weight excluding hydrogens is 381 g/mol. The molecule has 2 aromatic carbocycles. The molecule has 2 aromatic rings. The molecule has 0 unspecified atom stereocenters. The lowest BCUT2D eigenvalue weighted by molar-refractivity contribution is -0.123. The molecule has 1 atom stereocenters. The van der Waals surface area contributed by atoms with E-state index in [0.29, 0.717) is 35.4 Å². The van der Waals surface area contributed by atoms with Crippen molar-refractivity contribution in [3.63, 3.8) is 0 Å². The molecule has 136 valence electrons. The van der Waals surface area contributed by atoms with Crippen LogP contribution in [0.15, 0.2) is 36.4 Å². The zero-order chi connectivity index (χ0) is 18.7. The number of carbonyl (C=O) groups is 2. The van der Waals surface area contributed by atoms with Gasteiger partial charge in [-0.25, -0.2) is 4.79 Å². The van der Waals surface area contributed by atoms with E-state index < -0.39 is 18.0 Å². The zero-order valence-corrected chi connectivity index (χ0v) is 15.3. The maximum atomic E-state index is 12.3. The summed E-state index contributed by atoms with van der Waals surface area (Å²) in [5.74, 6) is -0.0330. The van der Waals surface area contributed by atoms with Crippen molar-refractivity contribution in [1.29, 1.82) is 0 Å². The van der Waals surface area contributed by atoms with Crippen LogP contribution in [0.25, 0.3) is 0 Å². The minimum absolute atomic E-state index is 0.134. The molecular formula is C18H15Cl2NO5. The fraction of sp³-hybridized carbons (Fsp3) is 0.222. The van der Waals surface area contributed by atoms with Crippen LogP contribution < -0.4 is 14.8 Å². The number of amides is 1. The molecule has 0 bridgehead atoms. The molecule has 1 N–H and O–H groups in total. The number of nitrogens with one attached hydrogen (secondary N) is 1. The topological polar surface area (TPSA) is 73.9 Å². The predicted molar refractivity (Wildman–Crippen MR) is 97.4 cm³/mol. The first-order valence-corrected chi connectivity index (χ1v) is 8.56. The number of carbonyl (C=O) groups excluding carboxylic acids is 2. The molecule has 0 spiro atoms. The molecule has 26 heavy (non-hydrogen) atoms. The Labute approximate surface area is 159 Å². The van der Waals surface area contributed by atoms with Gasteiger partial charge in [-0.05, 0) is 37.3 Å². The summed E-state index contributed by atoms with van der Waals surface area (Å²) < 4.78 is 16.1. The van der Waals surface area contributed by atoms with Gasteiger partial charge < -0.3 is 19.5 Å². The Hall–Kier alpha value is -2.44. The van der Waals surface area contributed by atoms with E-state index in [2.05, 4.69) is 5.32 Å². The van der Waals surface area contributed by atoms with Crippen LogP contribution in [0.3, 0.4) is 0 Å². The Morgan fingerprint density at radius 3 is 2.54 bits per heavy atom. The van der Waals surface area contributed by atoms with Crippen molar-refractivity contribution in [2.45, 2.75) is 13.0 Å². The highest BCUT2D eigenvalue weighted by atomic mass is 35.5. The molecule has 1 aliphatic heterocycles. The minimum Gasteiger partial charge on any atom is -0.486 e. The van der Waals surface area contributed by atoms with Gasteiger partial charge >= 0.3 is 5.97 Å². The van der Waals surface area contributed by atoms with Crippen LogP contribution in [0.5, 0.6) is 11.5 Å². The quantitative estimate of drug-likeness (QED) is 0.793. The van der Waals surface area contributed by atoms with Crippen LogP contribution >= 0.6 is 23.2 Å². The van der Waals surface area contributed by atoms with Crippen LogP contribution in [0, 0.1) is 0 Å². The lowest BCUT2D eigenvalue weighted by atomic mass is 10.2. The monoisotopic (exact) mass is 395 g/mol. The molecule has 1 amide bonds. The minimum atomic E-state index is -1.03. The summed E-state index contributed by atoms with van der Waals surface area (Å²) in [6.45, 7) is 2.40. The van der Waals surface area contributed by atoms with Gasteiger partial charge in [0.1, 0.15) is 13.2 Å². The molecule has 6 nitrogen and oxygen atoms in total. The van der Waals surface area contributed by atoms with E-state index in [0.717, 1.165) is 0 Å². The zero-order valence-electron chi connectivity index (χ0n) is 13.8. The van der Waals surface area contributed by atoms with Crippen LogP contribution in [-0.4, -0.2) is 31.2 Å². The van der Waals surface area contributed by atoms with E-state index in [1.165, 1.54) is 25.1 Å². The number of ether oxygens (including phenoxy) is 3. The molecule has 0 aliphatic carbocycles. The van der Waals surface area contributed by atoms with Crippen molar-refractivity contribution in [2.75, 3.05) is 18.5 Å². The van der Waals surface area contributed by atoms with Crippen molar-refractivity contribution in [1.82, 2.24) is 0 Å². The van der Waals surface area contributed by atoms with Crippen molar-refractivity contribution >= 4 is 40.8 Å². The Morgan fingerprint density at radius 1 is 1.08 bits per heavy atom. The van der Waals surface area contributed by atoms with Gasteiger partial charge in [0.15, 0.2) is 17.6 Å². The summed E-state index contributed by atoms with van der Waals surface area (Å²) in [6.07, 6.45) is -1.03. The van der Waals surface area contributed by atoms with Gasteiger partial charge in [0, 0.05) is 16.8 Å². The highest BCUT2D eigenvalue weighted by molar-refractivity contribution is 6.36. The third-order valence-electron chi connectivity index (χ3n) is 3.61.